The van der Waals surface area contributed by atoms with Crippen LogP contribution in [0.3, 0.4) is 0 Å². The molecule has 0 aromatic carbocycles. The number of thioether (sulfide) groups is 1. The number of hydrogen-bond acceptors (Lipinski definition) is 4. The predicted octanol–water partition coefficient (Wildman–Crippen LogP) is 6.22. The van der Waals surface area contributed by atoms with Gasteiger partial charge >= 0.3 is 35.5 Å². The molecule has 164 valence electrons. The van der Waals surface area contributed by atoms with Crippen molar-refractivity contribution in [2.75, 3.05) is 18.6 Å². The molecule has 5 heteroatoms. The molecule has 3 nitrogen and oxygen atoms in total. The van der Waals surface area contributed by atoms with Crippen LogP contribution in [0.4, 0.5) is 0 Å². The first-order valence-electron chi connectivity index (χ1n) is 11.6. The Hall–Kier alpha value is 0.780. The van der Waals surface area contributed by atoms with E-state index in [1.807, 2.05) is 6.26 Å². The van der Waals surface area contributed by atoms with Gasteiger partial charge in [0.25, 0.3) is 0 Å². The van der Waals surface area contributed by atoms with Crippen molar-refractivity contribution in [3.63, 3.8) is 0 Å². The fraction of sp³-hybridized carbons (Fsp3) is 0.957. The molecule has 0 aromatic rings. The molecule has 0 saturated heterocycles. The molecule has 0 heterocycles. The molecule has 0 radical (unpaired) electrons. The molecular formula is C23H48NNaO2S. The summed E-state index contributed by atoms with van der Waals surface area (Å²) in [5.74, 6) is 0.681. The molecule has 0 spiro atoms. The Bertz CT molecular complexity index is 319. The van der Waals surface area contributed by atoms with E-state index < -0.39 is 6.04 Å². The Labute approximate surface area is 202 Å². The number of nitrogens with two attached hydrogens (primary N) is 1. The summed E-state index contributed by atoms with van der Waals surface area (Å²) >= 11 is 1.71. The summed E-state index contributed by atoms with van der Waals surface area (Å²) in [5.41, 5.74) is 5.79. The van der Waals surface area contributed by atoms with Gasteiger partial charge in [0.15, 0.2) is 0 Å². The number of unbranched alkanes of at least 4 members (excludes halogenated alkanes) is 15. The number of hydrogen-bond donors (Lipinski definition) is 1. The molecule has 1 atom stereocenters. The fourth-order valence-electron chi connectivity index (χ4n) is 3.29. The SMILES string of the molecule is CCCCCCCCCCCCCCCCCCOC(=O)[C@@H](N)CCSC.[NaH]. The Kier molecular flexibility index (Phi) is 28.6. The zero-order valence-corrected chi connectivity index (χ0v) is 19.1. The van der Waals surface area contributed by atoms with Crippen molar-refractivity contribution in [1.29, 1.82) is 0 Å². The van der Waals surface area contributed by atoms with Gasteiger partial charge in [-0.05, 0) is 24.9 Å². The van der Waals surface area contributed by atoms with Crippen LogP contribution >= 0.6 is 11.8 Å². The van der Waals surface area contributed by atoms with Crippen LogP contribution in [0.5, 0.6) is 0 Å². The summed E-state index contributed by atoms with van der Waals surface area (Å²) in [6, 6.07) is -0.446. The monoisotopic (exact) mass is 425 g/mol. The van der Waals surface area contributed by atoms with E-state index in [2.05, 4.69) is 6.92 Å². The van der Waals surface area contributed by atoms with Gasteiger partial charge in [-0.25, -0.2) is 0 Å². The molecule has 2 N–H and O–H groups in total. The number of esters is 1. The molecule has 0 bridgehead atoms. The van der Waals surface area contributed by atoms with Crippen molar-refractivity contribution in [1.82, 2.24) is 0 Å². The van der Waals surface area contributed by atoms with E-state index in [0.29, 0.717) is 13.0 Å². The van der Waals surface area contributed by atoms with Crippen molar-refractivity contribution in [3.8, 4) is 0 Å². The van der Waals surface area contributed by atoms with Gasteiger partial charge in [0.2, 0.25) is 0 Å². The van der Waals surface area contributed by atoms with Crippen LogP contribution in [0, 0.1) is 0 Å². The summed E-state index contributed by atoms with van der Waals surface area (Å²) in [6.45, 7) is 2.81. The Morgan fingerprint density at radius 3 is 1.57 bits per heavy atom. The zero-order chi connectivity index (χ0) is 20.0. The second kappa shape index (κ2) is 25.8. The maximum atomic E-state index is 11.7. The third-order valence-corrected chi connectivity index (χ3v) is 5.82. The van der Waals surface area contributed by atoms with E-state index in [1.165, 1.54) is 89.9 Å². The van der Waals surface area contributed by atoms with Crippen molar-refractivity contribution >= 4 is 47.3 Å². The Morgan fingerprint density at radius 1 is 0.786 bits per heavy atom. The van der Waals surface area contributed by atoms with E-state index in [1.54, 1.807) is 11.8 Å². The summed E-state index contributed by atoms with van der Waals surface area (Å²) in [6.07, 6.45) is 24.4. The average Bonchev–Trinajstić information content (AvgIpc) is 2.68. The normalized spacial score (nSPS) is 11.8. The minimum atomic E-state index is -0.446. The second-order valence-electron chi connectivity index (χ2n) is 7.86. The van der Waals surface area contributed by atoms with Crippen molar-refractivity contribution in [3.05, 3.63) is 0 Å². The molecule has 0 rings (SSSR count). The first-order chi connectivity index (χ1) is 13.2. The second-order valence-corrected chi connectivity index (χ2v) is 8.84. The minimum absolute atomic E-state index is 0. The van der Waals surface area contributed by atoms with Gasteiger partial charge in [0.1, 0.15) is 6.04 Å². The van der Waals surface area contributed by atoms with Crippen LogP contribution in [0.1, 0.15) is 116 Å². The van der Waals surface area contributed by atoms with Crippen LogP contribution in [0.2, 0.25) is 0 Å². The van der Waals surface area contributed by atoms with Crippen LogP contribution in [-0.2, 0) is 9.53 Å². The molecular weight excluding hydrogens is 377 g/mol. The number of ether oxygens (including phenoxy) is 1. The maximum absolute atomic E-state index is 11.7. The van der Waals surface area contributed by atoms with Crippen LogP contribution in [0.15, 0.2) is 0 Å². The molecule has 0 aliphatic carbocycles. The van der Waals surface area contributed by atoms with Gasteiger partial charge in [0.05, 0.1) is 6.61 Å². The number of carbonyl (C=O) groups is 1. The molecule has 0 saturated carbocycles. The fourth-order valence-corrected chi connectivity index (χ4v) is 3.78. The van der Waals surface area contributed by atoms with Crippen molar-refractivity contribution in [2.24, 2.45) is 5.73 Å². The predicted molar refractivity (Wildman–Crippen MR) is 129 cm³/mol. The molecule has 0 amide bonds. The average molecular weight is 426 g/mol. The quantitative estimate of drug-likeness (QED) is 0.135. The van der Waals surface area contributed by atoms with Gasteiger partial charge < -0.3 is 10.5 Å². The first-order valence-corrected chi connectivity index (χ1v) is 13.0. The molecule has 0 fully saturated rings. The van der Waals surface area contributed by atoms with Gasteiger partial charge in [-0.3, -0.25) is 4.79 Å². The summed E-state index contributed by atoms with van der Waals surface area (Å²) in [7, 11) is 0. The van der Waals surface area contributed by atoms with E-state index in [0.717, 1.165) is 18.6 Å². The Morgan fingerprint density at radius 2 is 1.18 bits per heavy atom. The third-order valence-electron chi connectivity index (χ3n) is 5.18. The number of carbonyl (C=O) groups excluding carboxylic acids is 1. The zero-order valence-electron chi connectivity index (χ0n) is 18.3. The van der Waals surface area contributed by atoms with Crippen LogP contribution < -0.4 is 5.73 Å². The van der Waals surface area contributed by atoms with E-state index in [4.69, 9.17) is 10.5 Å². The van der Waals surface area contributed by atoms with Gasteiger partial charge in [-0.15, -0.1) is 0 Å². The van der Waals surface area contributed by atoms with Gasteiger partial charge in [-0.2, -0.15) is 11.8 Å². The van der Waals surface area contributed by atoms with E-state index >= 15 is 0 Å². The van der Waals surface area contributed by atoms with Gasteiger partial charge in [-0.1, -0.05) is 103 Å². The van der Waals surface area contributed by atoms with Gasteiger partial charge in [0, 0.05) is 0 Å². The van der Waals surface area contributed by atoms with Crippen molar-refractivity contribution < 1.29 is 9.53 Å². The first kappa shape index (κ1) is 31.0. The van der Waals surface area contributed by atoms with Crippen molar-refractivity contribution in [2.45, 2.75) is 122 Å². The molecule has 0 aromatic heterocycles. The van der Waals surface area contributed by atoms with E-state index in [9.17, 15) is 4.79 Å². The third kappa shape index (κ3) is 23.1. The Balaban J connectivity index is 0. The molecule has 0 aliphatic rings. The molecule has 28 heavy (non-hydrogen) atoms. The standard InChI is InChI=1S/C23H47NO2S.Na.H/c1-3-4-5-6-7-8-9-10-11-12-13-14-15-16-17-18-20-26-23(25)22(24)19-21-27-2;;/h22H,3-21,24H2,1-2H3;;/t22-;;/m0../s1. The van der Waals surface area contributed by atoms with Crippen LogP contribution in [-0.4, -0.2) is 60.2 Å². The summed E-state index contributed by atoms with van der Waals surface area (Å²) in [4.78, 5) is 11.7. The number of rotatable bonds is 21. The topological polar surface area (TPSA) is 52.3 Å². The van der Waals surface area contributed by atoms with Crippen LogP contribution in [0.25, 0.3) is 0 Å². The molecule has 0 unspecified atom stereocenters. The summed E-state index contributed by atoms with van der Waals surface area (Å²) < 4.78 is 5.25. The van der Waals surface area contributed by atoms with E-state index in [-0.39, 0.29) is 35.5 Å². The summed E-state index contributed by atoms with van der Waals surface area (Å²) in [5, 5.41) is 0. The molecule has 0 aliphatic heterocycles.